The number of aromatic nitrogens is 3. The van der Waals surface area contributed by atoms with Gasteiger partial charge in [0, 0.05) is 19.1 Å². The van der Waals surface area contributed by atoms with Crippen LogP contribution in [0.15, 0.2) is 24.3 Å². The van der Waals surface area contributed by atoms with Crippen molar-refractivity contribution < 1.29 is 9.53 Å². The molecule has 0 atom stereocenters. The normalized spacial score (nSPS) is 15.4. The highest BCUT2D eigenvalue weighted by molar-refractivity contribution is 5.93. The highest BCUT2D eigenvalue weighted by Gasteiger charge is 2.27. The van der Waals surface area contributed by atoms with Crippen molar-refractivity contribution >= 4 is 5.91 Å². The quantitative estimate of drug-likeness (QED) is 0.844. The van der Waals surface area contributed by atoms with Crippen LogP contribution in [-0.4, -0.2) is 58.1 Å². The highest BCUT2D eigenvalue weighted by Crippen LogP contribution is 2.20. The number of rotatable bonds is 6. The summed E-state index contributed by atoms with van der Waals surface area (Å²) in [5.41, 5.74) is 2.18. The van der Waals surface area contributed by atoms with Crippen LogP contribution in [0.5, 0.6) is 5.75 Å². The van der Waals surface area contributed by atoms with Crippen molar-refractivity contribution in [2.45, 2.75) is 52.2 Å². The van der Waals surface area contributed by atoms with Gasteiger partial charge in [0.2, 0.25) is 0 Å². The fourth-order valence-electron chi connectivity index (χ4n) is 3.45. The van der Waals surface area contributed by atoms with E-state index in [4.69, 9.17) is 4.74 Å². The number of nitrogens with one attached hydrogen (secondary N) is 1. The van der Waals surface area contributed by atoms with Crippen molar-refractivity contribution in [3.63, 3.8) is 0 Å². The Hall–Kier alpha value is -2.41. The fourth-order valence-corrected chi connectivity index (χ4v) is 3.45. The number of likely N-dealkylation sites (tertiary alicyclic amines) is 1. The molecule has 1 amide bonds. The zero-order valence-electron chi connectivity index (χ0n) is 16.6. The van der Waals surface area contributed by atoms with E-state index in [2.05, 4.69) is 15.6 Å². The topological polar surface area (TPSA) is 72.3 Å². The van der Waals surface area contributed by atoms with E-state index in [0.717, 1.165) is 43.1 Å². The van der Waals surface area contributed by atoms with E-state index in [1.165, 1.54) is 0 Å². The molecular formula is C20H29N5O2. The van der Waals surface area contributed by atoms with Crippen LogP contribution >= 0.6 is 0 Å². The molecule has 146 valence electrons. The monoisotopic (exact) mass is 371 g/mol. The molecule has 1 aromatic heterocycles. The lowest BCUT2D eigenvalue weighted by atomic mass is 10.0. The number of amides is 1. The number of piperidine rings is 1. The van der Waals surface area contributed by atoms with Crippen molar-refractivity contribution in [3.05, 3.63) is 35.7 Å². The molecule has 1 aliphatic heterocycles. The van der Waals surface area contributed by atoms with Gasteiger partial charge in [-0.25, -0.2) is 4.68 Å². The van der Waals surface area contributed by atoms with Crippen LogP contribution < -0.4 is 10.1 Å². The molecule has 7 heteroatoms. The van der Waals surface area contributed by atoms with Crippen molar-refractivity contribution in [3.8, 4) is 11.4 Å². The lowest BCUT2D eigenvalue weighted by Crippen LogP contribution is -2.44. The molecule has 2 aromatic rings. The lowest BCUT2D eigenvalue weighted by Gasteiger charge is -2.31. The summed E-state index contributed by atoms with van der Waals surface area (Å²) in [5, 5.41) is 11.8. The third-order valence-electron chi connectivity index (χ3n) is 4.94. The number of hydrogen-bond acceptors (Lipinski definition) is 5. The predicted molar refractivity (Wildman–Crippen MR) is 104 cm³/mol. The molecule has 1 aliphatic rings. The Morgan fingerprint density at radius 2 is 1.93 bits per heavy atom. The minimum atomic E-state index is -0.0209. The fraction of sp³-hybridized carbons (Fsp3) is 0.550. The summed E-state index contributed by atoms with van der Waals surface area (Å²) in [6.45, 7) is 7.52. The third-order valence-corrected chi connectivity index (χ3v) is 4.94. The van der Waals surface area contributed by atoms with Crippen molar-refractivity contribution in [1.29, 1.82) is 0 Å². The number of hydrogen-bond donors (Lipinski definition) is 1. The second-order valence-electron chi connectivity index (χ2n) is 7.17. The maximum Gasteiger partial charge on any atom is 0.276 e. The molecule has 2 heterocycles. The van der Waals surface area contributed by atoms with Crippen LogP contribution in [0, 0.1) is 0 Å². The standard InChI is InChI=1S/C20H29N5O2/c1-5-18-19(20(26)24-12-10-15(21-4)11-13-24)22-23-25(18)16-6-8-17(9-7-16)27-14(2)3/h6-9,14-15,21H,5,10-13H2,1-4H3. The Morgan fingerprint density at radius 3 is 2.48 bits per heavy atom. The average Bonchev–Trinajstić information content (AvgIpc) is 3.11. The molecule has 0 spiro atoms. The summed E-state index contributed by atoms with van der Waals surface area (Å²) in [5.74, 6) is 0.794. The van der Waals surface area contributed by atoms with Crippen LogP contribution in [0.3, 0.4) is 0 Å². The Morgan fingerprint density at radius 1 is 1.26 bits per heavy atom. The minimum Gasteiger partial charge on any atom is -0.491 e. The SMILES string of the molecule is CCc1c(C(=O)N2CCC(NC)CC2)nnn1-c1ccc(OC(C)C)cc1. The lowest BCUT2D eigenvalue weighted by molar-refractivity contribution is 0.0700. The van der Waals surface area contributed by atoms with Gasteiger partial charge >= 0.3 is 0 Å². The number of benzene rings is 1. The van der Waals surface area contributed by atoms with Crippen LogP contribution in [-0.2, 0) is 6.42 Å². The van der Waals surface area contributed by atoms with Gasteiger partial charge in [0.15, 0.2) is 5.69 Å². The molecule has 0 bridgehead atoms. The van der Waals surface area contributed by atoms with Gasteiger partial charge in [-0.15, -0.1) is 5.10 Å². The van der Waals surface area contributed by atoms with Gasteiger partial charge < -0.3 is 15.0 Å². The molecule has 7 nitrogen and oxygen atoms in total. The summed E-state index contributed by atoms with van der Waals surface area (Å²) in [4.78, 5) is 14.9. The highest BCUT2D eigenvalue weighted by atomic mass is 16.5. The Labute approximate surface area is 160 Å². The van der Waals surface area contributed by atoms with Crippen molar-refractivity contribution in [2.75, 3.05) is 20.1 Å². The van der Waals surface area contributed by atoms with Gasteiger partial charge in [0.1, 0.15) is 5.75 Å². The van der Waals surface area contributed by atoms with E-state index in [1.54, 1.807) is 4.68 Å². The van der Waals surface area contributed by atoms with Gasteiger partial charge in [-0.05, 0) is 64.4 Å². The van der Waals surface area contributed by atoms with Gasteiger partial charge in [-0.3, -0.25) is 4.79 Å². The predicted octanol–water partition coefficient (Wildman–Crippen LogP) is 2.44. The summed E-state index contributed by atoms with van der Waals surface area (Å²) in [6.07, 6.45) is 2.75. The number of carbonyl (C=O) groups is 1. The van der Waals surface area contributed by atoms with Gasteiger partial charge in [0.05, 0.1) is 17.5 Å². The minimum absolute atomic E-state index is 0.0209. The molecule has 1 N–H and O–H groups in total. The zero-order valence-corrected chi connectivity index (χ0v) is 16.6. The summed E-state index contributed by atoms with van der Waals surface area (Å²) < 4.78 is 7.45. The third kappa shape index (κ3) is 4.30. The zero-order chi connectivity index (χ0) is 19.4. The summed E-state index contributed by atoms with van der Waals surface area (Å²) >= 11 is 0. The van der Waals surface area contributed by atoms with Crippen LogP contribution in [0.4, 0.5) is 0 Å². The van der Waals surface area contributed by atoms with Gasteiger partial charge in [-0.1, -0.05) is 12.1 Å². The molecule has 3 rings (SSSR count). The van der Waals surface area contributed by atoms with E-state index >= 15 is 0 Å². The molecule has 0 unspecified atom stereocenters. The largest absolute Gasteiger partial charge is 0.491 e. The van der Waals surface area contributed by atoms with E-state index in [-0.39, 0.29) is 12.0 Å². The van der Waals surface area contributed by atoms with Crippen molar-refractivity contribution in [2.24, 2.45) is 0 Å². The average molecular weight is 371 g/mol. The first-order chi connectivity index (χ1) is 13.0. The van der Waals surface area contributed by atoms with E-state index < -0.39 is 0 Å². The molecule has 1 fully saturated rings. The molecular weight excluding hydrogens is 342 g/mol. The van der Waals surface area contributed by atoms with Crippen molar-refractivity contribution in [1.82, 2.24) is 25.2 Å². The second-order valence-corrected chi connectivity index (χ2v) is 7.17. The first-order valence-corrected chi connectivity index (χ1v) is 9.71. The van der Waals surface area contributed by atoms with Crippen LogP contribution in [0.2, 0.25) is 0 Å². The number of nitrogens with zero attached hydrogens (tertiary/aromatic N) is 4. The molecule has 27 heavy (non-hydrogen) atoms. The molecule has 1 aromatic carbocycles. The second kappa shape index (κ2) is 8.52. The maximum absolute atomic E-state index is 13.0. The summed E-state index contributed by atoms with van der Waals surface area (Å²) in [6, 6.07) is 8.21. The van der Waals surface area contributed by atoms with E-state index in [1.807, 2.05) is 57.0 Å². The Kier molecular flexibility index (Phi) is 6.11. The van der Waals surface area contributed by atoms with Gasteiger partial charge in [-0.2, -0.15) is 0 Å². The molecule has 0 saturated carbocycles. The molecule has 0 radical (unpaired) electrons. The number of ether oxygens (including phenoxy) is 1. The van der Waals surface area contributed by atoms with E-state index in [0.29, 0.717) is 18.2 Å². The summed E-state index contributed by atoms with van der Waals surface area (Å²) in [7, 11) is 1.97. The van der Waals surface area contributed by atoms with E-state index in [9.17, 15) is 4.79 Å². The van der Waals surface area contributed by atoms with Gasteiger partial charge in [0.25, 0.3) is 5.91 Å². The Balaban J connectivity index is 1.79. The molecule has 1 saturated heterocycles. The van der Waals surface area contributed by atoms with Crippen LogP contribution in [0.25, 0.3) is 5.69 Å². The first-order valence-electron chi connectivity index (χ1n) is 9.71. The van der Waals surface area contributed by atoms with Crippen LogP contribution in [0.1, 0.15) is 49.8 Å². The maximum atomic E-state index is 13.0. The molecule has 0 aliphatic carbocycles. The smallest absolute Gasteiger partial charge is 0.276 e. The number of carbonyl (C=O) groups excluding carboxylic acids is 1. The first kappa shape index (κ1) is 19.4. The Bertz CT molecular complexity index is 761.